The predicted molar refractivity (Wildman–Crippen MR) is 135 cm³/mol. The molecule has 4 aromatic rings. The van der Waals surface area contributed by atoms with Gasteiger partial charge in [0.15, 0.2) is 0 Å². The Labute approximate surface area is 197 Å². The SMILES string of the molecule is COc1ccc(N)cc1Nc1ncc(Cl)c(-c2cn(C)c3cc(N4CCNCC4)ccc23)n1. The molecule has 1 aliphatic heterocycles. The van der Waals surface area contributed by atoms with Crippen LogP contribution in [0.25, 0.3) is 22.2 Å². The van der Waals surface area contributed by atoms with Crippen LogP contribution in [0.1, 0.15) is 0 Å². The van der Waals surface area contributed by atoms with Crippen LogP contribution in [0, 0.1) is 0 Å². The molecule has 5 rings (SSSR count). The average Bonchev–Trinajstić information content (AvgIpc) is 3.16. The third-order valence-corrected chi connectivity index (χ3v) is 6.20. The van der Waals surface area contributed by atoms with E-state index < -0.39 is 0 Å². The lowest BCUT2D eigenvalue weighted by Gasteiger charge is -2.29. The molecular weight excluding hydrogens is 438 g/mol. The number of nitrogens with zero attached hydrogens (tertiary/aromatic N) is 4. The number of fused-ring (bicyclic) bond motifs is 1. The normalized spacial score (nSPS) is 14.0. The van der Waals surface area contributed by atoms with Crippen molar-refractivity contribution in [1.82, 2.24) is 19.9 Å². The molecule has 33 heavy (non-hydrogen) atoms. The van der Waals surface area contributed by atoms with Crippen molar-refractivity contribution in [1.29, 1.82) is 0 Å². The molecule has 2 aromatic carbocycles. The van der Waals surface area contributed by atoms with E-state index in [9.17, 15) is 0 Å². The van der Waals surface area contributed by atoms with E-state index in [1.165, 1.54) is 5.69 Å². The summed E-state index contributed by atoms with van der Waals surface area (Å²) in [5, 5.41) is 8.18. The van der Waals surface area contributed by atoms with Gasteiger partial charge in [-0.1, -0.05) is 17.7 Å². The van der Waals surface area contributed by atoms with Gasteiger partial charge < -0.3 is 30.6 Å². The molecule has 0 atom stereocenters. The Balaban J connectivity index is 1.53. The molecule has 3 heterocycles. The monoisotopic (exact) mass is 463 g/mol. The molecule has 0 saturated carbocycles. The van der Waals surface area contributed by atoms with Gasteiger partial charge in [-0.2, -0.15) is 0 Å². The molecule has 0 radical (unpaired) electrons. The minimum atomic E-state index is 0.410. The minimum Gasteiger partial charge on any atom is -0.495 e. The zero-order valence-corrected chi connectivity index (χ0v) is 19.4. The van der Waals surface area contributed by atoms with Gasteiger partial charge in [-0.05, 0) is 30.3 Å². The second-order valence-corrected chi connectivity index (χ2v) is 8.47. The highest BCUT2D eigenvalue weighted by atomic mass is 35.5. The zero-order chi connectivity index (χ0) is 22.9. The molecule has 0 unspecified atom stereocenters. The lowest BCUT2D eigenvalue weighted by atomic mass is 10.1. The van der Waals surface area contributed by atoms with Crippen LogP contribution in [0.5, 0.6) is 5.75 Å². The van der Waals surface area contributed by atoms with Gasteiger partial charge in [-0.25, -0.2) is 9.97 Å². The minimum absolute atomic E-state index is 0.410. The molecule has 0 aliphatic carbocycles. The summed E-state index contributed by atoms with van der Waals surface area (Å²) in [5.74, 6) is 1.06. The van der Waals surface area contributed by atoms with Gasteiger partial charge >= 0.3 is 0 Å². The van der Waals surface area contributed by atoms with E-state index in [-0.39, 0.29) is 0 Å². The van der Waals surface area contributed by atoms with Crippen LogP contribution in [0.3, 0.4) is 0 Å². The molecule has 9 heteroatoms. The Hall–Kier alpha value is -3.49. The van der Waals surface area contributed by atoms with Gasteiger partial charge in [0.05, 0.1) is 35.2 Å². The van der Waals surface area contributed by atoms with Crippen molar-refractivity contribution < 1.29 is 4.74 Å². The topological polar surface area (TPSA) is 93.3 Å². The summed E-state index contributed by atoms with van der Waals surface area (Å²) < 4.78 is 7.54. The van der Waals surface area contributed by atoms with Gasteiger partial charge in [0.1, 0.15) is 5.75 Å². The Kier molecular flexibility index (Phi) is 5.70. The summed E-state index contributed by atoms with van der Waals surface area (Å²) in [5.41, 5.74) is 11.2. The maximum absolute atomic E-state index is 6.56. The number of aryl methyl sites for hydroxylation is 1. The first-order valence-electron chi connectivity index (χ1n) is 10.8. The van der Waals surface area contributed by atoms with Crippen molar-refractivity contribution in [2.75, 3.05) is 49.2 Å². The fraction of sp³-hybridized carbons (Fsp3) is 0.250. The fourth-order valence-electron chi connectivity index (χ4n) is 4.24. The van der Waals surface area contributed by atoms with Crippen molar-refractivity contribution in [3.05, 3.63) is 53.8 Å². The average molecular weight is 464 g/mol. The molecule has 170 valence electrons. The quantitative estimate of drug-likeness (QED) is 0.385. The molecule has 4 N–H and O–H groups in total. The molecule has 0 bridgehead atoms. The number of aromatic nitrogens is 3. The second-order valence-electron chi connectivity index (χ2n) is 8.07. The van der Waals surface area contributed by atoms with E-state index in [2.05, 4.69) is 49.5 Å². The van der Waals surface area contributed by atoms with Crippen LogP contribution < -0.4 is 26.0 Å². The number of hydrogen-bond donors (Lipinski definition) is 3. The molecule has 8 nitrogen and oxygen atoms in total. The Morgan fingerprint density at radius 2 is 1.97 bits per heavy atom. The van der Waals surface area contributed by atoms with Crippen molar-refractivity contribution in [3.8, 4) is 17.0 Å². The Bertz CT molecular complexity index is 1310. The molecular formula is C24H26ClN7O. The first-order valence-corrected chi connectivity index (χ1v) is 11.2. The van der Waals surface area contributed by atoms with Crippen LogP contribution in [-0.2, 0) is 7.05 Å². The highest BCUT2D eigenvalue weighted by Crippen LogP contribution is 2.36. The van der Waals surface area contributed by atoms with E-state index in [4.69, 9.17) is 27.1 Å². The number of halogens is 1. The summed E-state index contributed by atoms with van der Waals surface area (Å²) in [6.45, 7) is 4.01. The second kappa shape index (κ2) is 8.80. The molecule has 0 amide bonds. The van der Waals surface area contributed by atoms with E-state index in [1.807, 2.05) is 7.05 Å². The molecule has 1 saturated heterocycles. The van der Waals surface area contributed by atoms with E-state index >= 15 is 0 Å². The number of nitrogen functional groups attached to an aromatic ring is 1. The lowest BCUT2D eigenvalue weighted by Crippen LogP contribution is -2.43. The maximum atomic E-state index is 6.56. The summed E-state index contributed by atoms with van der Waals surface area (Å²) in [6, 6.07) is 11.9. The lowest BCUT2D eigenvalue weighted by molar-refractivity contribution is 0.417. The molecule has 1 aliphatic rings. The largest absolute Gasteiger partial charge is 0.495 e. The molecule has 1 fully saturated rings. The summed E-state index contributed by atoms with van der Waals surface area (Å²) in [7, 11) is 3.65. The number of nitrogens with one attached hydrogen (secondary N) is 2. The number of hydrogen-bond acceptors (Lipinski definition) is 7. The van der Waals surface area contributed by atoms with Gasteiger partial charge in [-0.3, -0.25) is 0 Å². The number of ether oxygens (including phenoxy) is 1. The van der Waals surface area contributed by atoms with Crippen molar-refractivity contribution in [2.24, 2.45) is 7.05 Å². The first kappa shape index (κ1) is 21.4. The van der Waals surface area contributed by atoms with Crippen molar-refractivity contribution >= 4 is 45.5 Å². The highest BCUT2D eigenvalue weighted by Gasteiger charge is 2.17. The first-order chi connectivity index (χ1) is 16.0. The van der Waals surface area contributed by atoms with Gasteiger partial charge in [0, 0.05) is 61.7 Å². The highest BCUT2D eigenvalue weighted by molar-refractivity contribution is 6.33. The standard InChI is InChI=1S/C24H26ClN7O/c1-31-14-18(17-5-4-16(12-21(17)31)32-9-7-27-8-10-32)23-19(25)13-28-24(30-23)29-20-11-15(26)3-6-22(20)33-2/h3-6,11-14,27H,7-10,26H2,1-2H3,(H,28,29,30). The number of nitrogens with two attached hydrogens (primary N) is 1. The summed E-state index contributed by atoms with van der Waals surface area (Å²) in [4.78, 5) is 11.5. The van der Waals surface area contributed by atoms with Crippen LogP contribution in [0.15, 0.2) is 48.8 Å². The number of anilines is 4. The van der Waals surface area contributed by atoms with Gasteiger partial charge in [0.2, 0.25) is 5.95 Å². The molecule has 0 spiro atoms. The van der Waals surface area contributed by atoms with E-state index in [1.54, 1.807) is 31.5 Å². The number of piperazine rings is 1. The number of rotatable bonds is 5. The van der Waals surface area contributed by atoms with Gasteiger partial charge in [0.25, 0.3) is 0 Å². The summed E-state index contributed by atoms with van der Waals surface area (Å²) in [6.07, 6.45) is 3.67. The third-order valence-electron chi connectivity index (χ3n) is 5.93. The molecule has 2 aromatic heterocycles. The van der Waals surface area contributed by atoms with Crippen LogP contribution in [0.2, 0.25) is 5.02 Å². The van der Waals surface area contributed by atoms with Crippen LogP contribution in [0.4, 0.5) is 23.0 Å². The Morgan fingerprint density at radius 3 is 2.76 bits per heavy atom. The van der Waals surface area contributed by atoms with Crippen LogP contribution >= 0.6 is 11.6 Å². The van der Waals surface area contributed by atoms with Gasteiger partial charge in [-0.15, -0.1) is 0 Å². The maximum Gasteiger partial charge on any atom is 0.227 e. The number of benzene rings is 2. The van der Waals surface area contributed by atoms with E-state index in [0.29, 0.717) is 33.8 Å². The number of methoxy groups -OCH3 is 1. The fourth-order valence-corrected chi connectivity index (χ4v) is 4.43. The predicted octanol–water partition coefficient (Wildman–Crippen LogP) is 4.03. The van der Waals surface area contributed by atoms with Crippen molar-refractivity contribution in [3.63, 3.8) is 0 Å². The third kappa shape index (κ3) is 4.15. The smallest absolute Gasteiger partial charge is 0.227 e. The van der Waals surface area contributed by atoms with E-state index in [0.717, 1.165) is 42.6 Å². The zero-order valence-electron chi connectivity index (χ0n) is 18.6. The summed E-state index contributed by atoms with van der Waals surface area (Å²) >= 11 is 6.56. The van der Waals surface area contributed by atoms with Crippen LogP contribution in [-0.4, -0.2) is 47.8 Å². The van der Waals surface area contributed by atoms with Crippen molar-refractivity contribution in [2.45, 2.75) is 0 Å². The Morgan fingerprint density at radius 1 is 1.15 bits per heavy atom.